The van der Waals surface area contributed by atoms with E-state index in [2.05, 4.69) is 36.2 Å². The van der Waals surface area contributed by atoms with Crippen LogP contribution >= 0.6 is 11.8 Å². The van der Waals surface area contributed by atoms with Crippen LogP contribution in [0.2, 0.25) is 0 Å². The number of aliphatic imine (C=N–C) groups is 1. The molecule has 1 unspecified atom stereocenters. The van der Waals surface area contributed by atoms with Crippen LogP contribution in [0, 0.1) is 0 Å². The number of carbonyl (C=O) groups excluding carboxylic acids is 1. The van der Waals surface area contributed by atoms with Gasteiger partial charge in [-0.25, -0.2) is 9.79 Å². The van der Waals surface area contributed by atoms with Crippen molar-refractivity contribution in [2.45, 2.75) is 45.3 Å². The van der Waals surface area contributed by atoms with Gasteiger partial charge in [0.05, 0.1) is 10.6 Å². The second kappa shape index (κ2) is 13.3. The number of amides is 1. The van der Waals surface area contributed by atoms with Crippen molar-refractivity contribution < 1.29 is 24.5 Å². The lowest BCUT2D eigenvalue weighted by Crippen LogP contribution is -2.23. The van der Waals surface area contributed by atoms with E-state index in [-0.39, 0.29) is 11.5 Å². The number of aliphatic hydroxyl groups excluding tert-OH is 1. The highest BCUT2D eigenvalue weighted by molar-refractivity contribution is 8.18. The Morgan fingerprint density at radius 2 is 1.67 bits per heavy atom. The van der Waals surface area contributed by atoms with Crippen LogP contribution in [0.5, 0.6) is 5.75 Å². The zero-order valence-electron chi connectivity index (χ0n) is 22.0. The van der Waals surface area contributed by atoms with Crippen molar-refractivity contribution in [1.29, 1.82) is 0 Å². The minimum absolute atomic E-state index is 0.157. The van der Waals surface area contributed by atoms with Crippen molar-refractivity contribution in [2.75, 3.05) is 7.05 Å². The fraction of sp³-hybridized carbons (Fsp3) is 0.258. The SMILES string of the molecule is CCCCCc1ccc(COc2ccc(/C=C3\SC(=Nc4ccc(C(O)C(=O)O)cc4)N(C)C3=O)cc2)cc1. The maximum Gasteiger partial charge on any atom is 0.337 e. The molecular formula is C31H32N2O5S. The molecule has 0 saturated carbocycles. The molecule has 8 heteroatoms. The highest BCUT2D eigenvalue weighted by Gasteiger charge is 2.30. The third-order valence-electron chi connectivity index (χ3n) is 6.35. The molecule has 2 N–H and O–H groups in total. The summed E-state index contributed by atoms with van der Waals surface area (Å²) in [7, 11) is 1.66. The van der Waals surface area contributed by atoms with Gasteiger partial charge in [-0.05, 0) is 77.2 Å². The average molecular weight is 545 g/mol. The van der Waals surface area contributed by atoms with E-state index in [0.29, 0.717) is 22.4 Å². The number of rotatable bonds is 11. The van der Waals surface area contributed by atoms with E-state index in [9.17, 15) is 14.7 Å². The Hall–Kier alpha value is -3.88. The summed E-state index contributed by atoms with van der Waals surface area (Å²) >= 11 is 1.26. The molecule has 1 aliphatic rings. The van der Waals surface area contributed by atoms with Crippen molar-refractivity contribution in [3.63, 3.8) is 0 Å². The Morgan fingerprint density at radius 3 is 2.31 bits per heavy atom. The highest BCUT2D eigenvalue weighted by Crippen LogP contribution is 2.33. The van der Waals surface area contributed by atoms with Crippen LogP contribution in [-0.2, 0) is 22.6 Å². The van der Waals surface area contributed by atoms with E-state index in [0.717, 1.165) is 23.3 Å². The summed E-state index contributed by atoms with van der Waals surface area (Å²) < 4.78 is 5.94. The van der Waals surface area contributed by atoms with Gasteiger partial charge in [-0.15, -0.1) is 0 Å². The minimum Gasteiger partial charge on any atom is -0.489 e. The van der Waals surface area contributed by atoms with Gasteiger partial charge in [-0.2, -0.15) is 0 Å². The van der Waals surface area contributed by atoms with Gasteiger partial charge < -0.3 is 14.9 Å². The number of ether oxygens (including phenoxy) is 1. The predicted octanol–water partition coefficient (Wildman–Crippen LogP) is 6.35. The minimum atomic E-state index is -1.59. The van der Waals surface area contributed by atoms with Crippen LogP contribution in [0.1, 0.15) is 54.5 Å². The molecule has 0 spiro atoms. The molecule has 202 valence electrons. The summed E-state index contributed by atoms with van der Waals surface area (Å²) in [5.41, 5.74) is 4.16. The predicted molar refractivity (Wildman–Crippen MR) is 155 cm³/mol. The Balaban J connectivity index is 1.35. The third kappa shape index (κ3) is 7.59. The molecule has 1 heterocycles. The number of carboxylic acids is 1. The number of hydrogen-bond acceptors (Lipinski definition) is 6. The quantitative estimate of drug-likeness (QED) is 0.216. The largest absolute Gasteiger partial charge is 0.489 e. The molecule has 1 atom stereocenters. The van der Waals surface area contributed by atoms with Crippen LogP contribution in [-0.4, -0.2) is 39.2 Å². The first kappa shape index (κ1) is 28.1. The number of benzene rings is 3. The Kier molecular flexibility index (Phi) is 9.57. The second-order valence-corrected chi connectivity index (χ2v) is 10.3. The number of unbranched alkanes of at least 4 members (excludes halogenated alkanes) is 2. The van der Waals surface area contributed by atoms with Crippen LogP contribution in [0.4, 0.5) is 5.69 Å². The Bertz CT molecular complexity index is 1350. The average Bonchev–Trinajstić information content (AvgIpc) is 3.21. The molecule has 39 heavy (non-hydrogen) atoms. The molecule has 3 aromatic rings. The molecule has 1 aliphatic heterocycles. The zero-order valence-corrected chi connectivity index (χ0v) is 22.9. The monoisotopic (exact) mass is 544 g/mol. The smallest absolute Gasteiger partial charge is 0.337 e. The van der Waals surface area contributed by atoms with E-state index in [1.165, 1.54) is 53.6 Å². The molecule has 1 fully saturated rings. The van der Waals surface area contributed by atoms with Crippen LogP contribution in [0.3, 0.4) is 0 Å². The maximum atomic E-state index is 12.8. The zero-order chi connectivity index (χ0) is 27.8. The van der Waals surface area contributed by atoms with E-state index in [1.54, 1.807) is 19.2 Å². The molecule has 4 rings (SSSR count). The summed E-state index contributed by atoms with van der Waals surface area (Å²) in [6.07, 6.45) is 5.05. The van der Waals surface area contributed by atoms with Crippen LogP contribution in [0.15, 0.2) is 82.7 Å². The van der Waals surface area contributed by atoms with Crippen molar-refractivity contribution in [2.24, 2.45) is 4.99 Å². The second-order valence-electron chi connectivity index (χ2n) is 9.33. The van der Waals surface area contributed by atoms with Crippen molar-refractivity contribution in [1.82, 2.24) is 4.90 Å². The molecular weight excluding hydrogens is 512 g/mol. The lowest BCUT2D eigenvalue weighted by Gasteiger charge is -2.08. The first-order chi connectivity index (χ1) is 18.8. The highest BCUT2D eigenvalue weighted by atomic mass is 32.2. The summed E-state index contributed by atoms with van der Waals surface area (Å²) in [4.78, 5) is 30.3. The number of nitrogens with zero attached hydrogens (tertiary/aromatic N) is 2. The van der Waals surface area contributed by atoms with Gasteiger partial charge >= 0.3 is 5.97 Å². The molecule has 1 saturated heterocycles. The van der Waals surface area contributed by atoms with Crippen molar-refractivity contribution >= 4 is 40.6 Å². The van der Waals surface area contributed by atoms with E-state index >= 15 is 0 Å². The Morgan fingerprint density at radius 1 is 1.00 bits per heavy atom. The van der Waals surface area contributed by atoms with Gasteiger partial charge in [0.1, 0.15) is 12.4 Å². The van der Waals surface area contributed by atoms with Gasteiger partial charge in [0, 0.05) is 7.05 Å². The summed E-state index contributed by atoms with van der Waals surface area (Å²) in [5.74, 6) is -0.719. The lowest BCUT2D eigenvalue weighted by molar-refractivity contribution is -0.147. The topological polar surface area (TPSA) is 99.4 Å². The molecule has 0 radical (unpaired) electrons. The fourth-order valence-corrected chi connectivity index (χ4v) is 4.98. The molecule has 0 aliphatic carbocycles. The fourth-order valence-electron chi connectivity index (χ4n) is 4.00. The number of amidine groups is 1. The van der Waals surface area contributed by atoms with Gasteiger partial charge in [-0.1, -0.05) is 68.3 Å². The normalized spacial score (nSPS) is 16.2. The number of carboxylic acid groups (broad SMARTS) is 1. The summed E-state index contributed by atoms with van der Waals surface area (Å²) in [5, 5.41) is 19.1. The van der Waals surface area contributed by atoms with Gasteiger partial charge in [0.25, 0.3) is 5.91 Å². The standard InChI is InChI=1S/C31H32N2O5S/c1-3-4-5-6-21-7-9-23(10-8-21)20-38-26-17-11-22(12-18-26)19-27-29(35)33(2)31(39-27)32-25-15-13-24(14-16-25)28(34)30(36)37/h7-19,28,34H,3-6,20H2,1-2H3,(H,36,37)/b27-19-,32-31?. The maximum absolute atomic E-state index is 12.8. The number of aryl methyl sites for hydroxylation is 1. The van der Waals surface area contributed by atoms with Gasteiger partial charge in [0.2, 0.25) is 0 Å². The van der Waals surface area contributed by atoms with Crippen LogP contribution < -0.4 is 4.74 Å². The van der Waals surface area contributed by atoms with Crippen LogP contribution in [0.25, 0.3) is 6.08 Å². The van der Waals surface area contributed by atoms with E-state index in [4.69, 9.17) is 9.84 Å². The van der Waals surface area contributed by atoms with Crippen molar-refractivity contribution in [3.05, 3.63) is 100.0 Å². The number of carbonyl (C=O) groups is 2. The molecule has 0 bridgehead atoms. The lowest BCUT2D eigenvalue weighted by atomic mass is 10.1. The Labute approximate surface area is 232 Å². The van der Waals surface area contributed by atoms with Gasteiger partial charge in [0.15, 0.2) is 11.3 Å². The number of aliphatic hydroxyl groups is 1. The summed E-state index contributed by atoms with van der Waals surface area (Å²) in [6.45, 7) is 2.70. The number of aliphatic carboxylic acids is 1. The molecule has 7 nitrogen and oxygen atoms in total. The number of likely N-dealkylation sites (N-methyl/N-ethyl adjacent to an activating group) is 1. The molecule has 1 amide bonds. The first-order valence-electron chi connectivity index (χ1n) is 12.9. The molecule has 3 aromatic carbocycles. The number of thioether (sulfide) groups is 1. The summed E-state index contributed by atoms with van der Waals surface area (Å²) in [6, 6.07) is 22.4. The third-order valence-corrected chi connectivity index (χ3v) is 7.41. The number of hydrogen-bond donors (Lipinski definition) is 2. The molecule has 0 aromatic heterocycles. The van der Waals surface area contributed by atoms with E-state index in [1.807, 2.05) is 30.3 Å². The van der Waals surface area contributed by atoms with Crippen molar-refractivity contribution in [3.8, 4) is 5.75 Å². The van der Waals surface area contributed by atoms with Gasteiger partial charge in [-0.3, -0.25) is 9.69 Å². The van der Waals surface area contributed by atoms with E-state index < -0.39 is 12.1 Å². The first-order valence-corrected chi connectivity index (χ1v) is 13.7.